The van der Waals surface area contributed by atoms with Crippen molar-refractivity contribution >= 4 is 44.5 Å². The number of aliphatic hydroxyl groups is 1. The van der Waals surface area contributed by atoms with E-state index in [1.165, 1.54) is 6.20 Å². The molecule has 3 fully saturated rings. The Morgan fingerprint density at radius 2 is 1.88 bits per heavy atom. The number of rotatable bonds is 3. The smallest absolute Gasteiger partial charge is 0.446 e. The molecular formula is C17H21N7O13P2S. The molecule has 40 heavy (non-hydrogen) atoms. The molecule has 0 amide bonds. The van der Waals surface area contributed by atoms with Gasteiger partial charge in [-0.3, -0.25) is 32.4 Å². The van der Waals surface area contributed by atoms with Crippen molar-refractivity contribution in [2.75, 3.05) is 18.9 Å². The Morgan fingerprint density at radius 1 is 1.12 bits per heavy atom. The van der Waals surface area contributed by atoms with Crippen LogP contribution in [0.1, 0.15) is 12.6 Å². The second kappa shape index (κ2) is 10.5. The number of hydrogen-bond acceptors (Lipinski definition) is 17. The van der Waals surface area contributed by atoms with Crippen molar-refractivity contribution in [3.05, 3.63) is 22.9 Å². The third-order valence-electron chi connectivity index (χ3n) is 6.12. The molecule has 3 saturated heterocycles. The van der Waals surface area contributed by atoms with Crippen LogP contribution < -0.4 is 16.0 Å². The molecule has 3 aliphatic rings. The van der Waals surface area contributed by atoms with E-state index < -0.39 is 77.5 Å². The quantitative estimate of drug-likeness (QED) is 0.219. The number of aliphatic hydroxyl groups excluding tert-OH is 1. The van der Waals surface area contributed by atoms with Crippen molar-refractivity contribution in [3.8, 4) is 5.88 Å². The summed E-state index contributed by atoms with van der Waals surface area (Å²) in [6.45, 7) is -1.37. The number of nitrogens with zero attached hydrogens (tertiary/aromatic N) is 5. The second-order valence-corrected chi connectivity index (χ2v) is 12.1. The predicted molar refractivity (Wildman–Crippen MR) is 128 cm³/mol. The predicted octanol–water partition coefficient (Wildman–Crippen LogP) is -0.976. The molecule has 20 nitrogen and oxygen atoms in total. The second-order valence-electron chi connectivity index (χ2n) is 8.78. The zero-order valence-electron chi connectivity index (χ0n) is 19.9. The molecule has 6 heterocycles. The van der Waals surface area contributed by atoms with E-state index in [0.717, 1.165) is 22.6 Å². The molecule has 9 atom stereocenters. The Hall–Kier alpha value is -2.39. The van der Waals surface area contributed by atoms with Gasteiger partial charge in [-0.15, -0.1) is 4.37 Å². The lowest BCUT2D eigenvalue weighted by molar-refractivity contribution is -0.0974. The molecule has 218 valence electrons. The van der Waals surface area contributed by atoms with E-state index in [4.69, 9.17) is 38.0 Å². The minimum absolute atomic E-state index is 0.0943. The van der Waals surface area contributed by atoms with Crippen LogP contribution in [0.15, 0.2) is 17.3 Å². The Balaban J connectivity index is 1.28. The van der Waals surface area contributed by atoms with Gasteiger partial charge in [0.15, 0.2) is 17.4 Å². The molecule has 0 spiro atoms. The lowest BCUT2D eigenvalue weighted by Gasteiger charge is -2.25. The highest BCUT2D eigenvalue weighted by atomic mass is 32.1. The van der Waals surface area contributed by atoms with E-state index in [9.17, 15) is 28.8 Å². The monoisotopic (exact) mass is 625 g/mol. The van der Waals surface area contributed by atoms with E-state index >= 15 is 0 Å². The fraction of sp³-hybridized carbons (Fsp3) is 0.588. The Labute approximate surface area is 226 Å². The zero-order valence-corrected chi connectivity index (χ0v) is 22.5. The average Bonchev–Trinajstić information content (AvgIpc) is 3.65. The molecule has 3 aliphatic heterocycles. The van der Waals surface area contributed by atoms with Crippen LogP contribution >= 0.6 is 27.4 Å². The number of nitrogens with two attached hydrogens (primary N) is 1. The van der Waals surface area contributed by atoms with Gasteiger partial charge in [0.1, 0.15) is 36.7 Å². The first-order chi connectivity index (χ1) is 19.0. The van der Waals surface area contributed by atoms with Crippen molar-refractivity contribution in [3.63, 3.8) is 0 Å². The van der Waals surface area contributed by atoms with Crippen molar-refractivity contribution in [1.82, 2.24) is 28.3 Å². The molecule has 23 heteroatoms. The van der Waals surface area contributed by atoms with Gasteiger partial charge in [0.05, 0.1) is 31.3 Å². The highest BCUT2D eigenvalue weighted by Crippen LogP contribution is 2.53. The van der Waals surface area contributed by atoms with Crippen molar-refractivity contribution in [1.29, 1.82) is 0 Å². The van der Waals surface area contributed by atoms with Crippen LogP contribution in [0, 0.1) is 0 Å². The topological polar surface area (TPSA) is 275 Å². The number of fused-ring (bicyclic) bond motifs is 4. The summed E-state index contributed by atoms with van der Waals surface area (Å²) < 4.78 is 72.3. The van der Waals surface area contributed by atoms with E-state index in [0.29, 0.717) is 0 Å². The van der Waals surface area contributed by atoms with Crippen LogP contribution in [0.5, 0.6) is 5.88 Å². The fourth-order valence-corrected chi connectivity index (χ4v) is 6.65. The van der Waals surface area contributed by atoms with E-state index in [-0.39, 0.29) is 29.4 Å². The number of ether oxygens (including phenoxy) is 3. The lowest BCUT2D eigenvalue weighted by Crippen LogP contribution is -2.35. The molecule has 0 saturated carbocycles. The van der Waals surface area contributed by atoms with Gasteiger partial charge in [-0.2, -0.15) is 9.36 Å². The maximum absolute atomic E-state index is 13.0. The summed E-state index contributed by atoms with van der Waals surface area (Å²) in [5.41, 5.74) is 4.72. The van der Waals surface area contributed by atoms with Gasteiger partial charge in [-0.25, -0.2) is 14.1 Å². The summed E-state index contributed by atoms with van der Waals surface area (Å²) in [6.07, 6.45) is -7.23. The molecule has 2 unspecified atom stereocenters. The zero-order chi connectivity index (χ0) is 28.2. The van der Waals surface area contributed by atoms with Crippen LogP contribution in [0.25, 0.3) is 11.2 Å². The van der Waals surface area contributed by atoms with Crippen LogP contribution in [0.2, 0.25) is 0 Å². The molecule has 0 aliphatic carbocycles. The third kappa shape index (κ3) is 5.56. The number of aromatic amines is 1. The van der Waals surface area contributed by atoms with Crippen LogP contribution in [0.4, 0.5) is 5.95 Å². The fourth-order valence-electron chi connectivity index (χ4n) is 4.40. The SMILES string of the molecule is Nc1nc2c(ncn2[C@@H]2O[C@@H]3COP(=O)(O)O[C@H]4C[C@H](Oc5cnsn5)O[C@@H]4COP(=O)(O)O[C@@H]2[C@@H]3O)c(=O)[nH]1. The number of phosphoric acid groups is 2. The summed E-state index contributed by atoms with van der Waals surface area (Å²) in [4.78, 5) is 43.4. The molecule has 0 radical (unpaired) electrons. The van der Waals surface area contributed by atoms with Crippen molar-refractivity contribution in [2.45, 2.75) is 49.5 Å². The first-order valence-electron chi connectivity index (χ1n) is 11.4. The largest absolute Gasteiger partial charge is 0.472 e. The summed E-state index contributed by atoms with van der Waals surface area (Å²) in [6, 6.07) is 0. The number of anilines is 1. The van der Waals surface area contributed by atoms with Gasteiger partial charge in [-0.05, 0) is 0 Å². The summed E-state index contributed by atoms with van der Waals surface area (Å²) in [5.74, 6) is -0.130. The molecule has 6 rings (SSSR count). The summed E-state index contributed by atoms with van der Waals surface area (Å²) in [7, 11) is -9.78. The van der Waals surface area contributed by atoms with E-state index in [2.05, 4.69) is 23.7 Å². The Kier molecular flexibility index (Phi) is 7.26. The van der Waals surface area contributed by atoms with E-state index in [1.807, 2.05) is 0 Å². The maximum Gasteiger partial charge on any atom is 0.472 e. The molecule has 6 N–H and O–H groups in total. The van der Waals surface area contributed by atoms with E-state index in [1.54, 1.807) is 0 Å². The summed E-state index contributed by atoms with van der Waals surface area (Å²) >= 11 is 0.881. The van der Waals surface area contributed by atoms with Gasteiger partial charge in [0, 0.05) is 6.42 Å². The van der Waals surface area contributed by atoms with Crippen molar-refractivity contribution < 1.29 is 56.3 Å². The third-order valence-corrected chi connectivity index (χ3v) is 8.58. The number of nitrogens with one attached hydrogen (secondary N) is 1. The van der Waals surface area contributed by atoms with Crippen LogP contribution in [0.3, 0.4) is 0 Å². The number of phosphoric ester groups is 2. The maximum atomic E-state index is 13.0. The van der Waals surface area contributed by atoms with Gasteiger partial charge >= 0.3 is 15.6 Å². The first-order valence-corrected chi connectivity index (χ1v) is 15.2. The minimum atomic E-state index is -4.97. The number of nitrogen functional groups attached to an aromatic ring is 1. The summed E-state index contributed by atoms with van der Waals surface area (Å²) in [5, 5.41) is 10.9. The number of aromatic nitrogens is 6. The molecule has 0 aromatic carbocycles. The number of H-pyrrole nitrogens is 1. The lowest BCUT2D eigenvalue weighted by atomic mass is 10.1. The number of hydrogen-bond donors (Lipinski definition) is 5. The average molecular weight is 625 g/mol. The molecular weight excluding hydrogens is 604 g/mol. The van der Waals surface area contributed by atoms with Gasteiger partial charge < -0.3 is 34.8 Å². The number of imidazole rings is 1. The van der Waals surface area contributed by atoms with Crippen LogP contribution in [-0.2, 0) is 36.7 Å². The highest BCUT2D eigenvalue weighted by molar-refractivity contribution is 7.47. The minimum Gasteiger partial charge on any atom is -0.446 e. The normalized spacial score (nSPS) is 38.8. The highest BCUT2D eigenvalue weighted by Gasteiger charge is 2.52. The van der Waals surface area contributed by atoms with Gasteiger partial charge in [0.25, 0.3) is 5.56 Å². The van der Waals surface area contributed by atoms with Gasteiger partial charge in [0.2, 0.25) is 18.1 Å². The molecule has 3 aromatic heterocycles. The standard InChI is InChI=1S/C17H21N7O13P2S/c18-17-21-14-11(15(26)22-17)19-5-24(14)16-13-12(25)8(34-16)4-32-38(27,28)36-6-1-10(35-9-2-20-40-23-9)33-7(6)3-31-39(29,30)37-13/h2,5-8,10,12-13,16,25H,1,3-4H2,(H,27,28)(H,29,30)(H3,18,21,22,26)/t6-,7+,8+,10-,12+,13+,16+/m0/s1. The Morgan fingerprint density at radius 3 is 2.62 bits per heavy atom. The van der Waals surface area contributed by atoms with Crippen LogP contribution in [-0.4, -0.2) is 93.2 Å². The van der Waals surface area contributed by atoms with Gasteiger partial charge in [-0.1, -0.05) is 0 Å². The molecule has 3 aromatic rings. The van der Waals surface area contributed by atoms with Crippen molar-refractivity contribution in [2.24, 2.45) is 0 Å². The Bertz CT molecular complexity index is 1540. The first kappa shape index (κ1) is 27.8. The molecule has 2 bridgehead atoms.